The molecule has 0 saturated heterocycles. The van der Waals surface area contributed by atoms with E-state index in [1.165, 1.54) is 19.3 Å². The molecule has 0 atom stereocenters. The Morgan fingerprint density at radius 3 is 2.25 bits per heavy atom. The second-order valence-electron chi connectivity index (χ2n) is 4.25. The molecular weight excluding hydrogens is 146 g/mol. The molecule has 0 aromatic carbocycles. The van der Waals surface area contributed by atoms with Gasteiger partial charge in [-0.2, -0.15) is 0 Å². The Kier molecular flexibility index (Phi) is 2.05. The third-order valence-electron chi connectivity index (χ3n) is 3.02. The molecule has 12 heavy (non-hydrogen) atoms. The van der Waals surface area contributed by atoms with Gasteiger partial charge in [0.1, 0.15) is 0 Å². The zero-order valence-electron chi connectivity index (χ0n) is 7.50. The lowest BCUT2D eigenvalue weighted by atomic mass is 9.85. The fourth-order valence-electron chi connectivity index (χ4n) is 2.30. The molecule has 0 spiro atoms. The van der Waals surface area contributed by atoms with Gasteiger partial charge >= 0.3 is 0 Å². The van der Waals surface area contributed by atoms with E-state index in [0.717, 1.165) is 18.8 Å². The highest BCUT2D eigenvalue weighted by atomic mass is 14.7. The Labute approximate surface area is 74.3 Å². The van der Waals surface area contributed by atoms with Crippen molar-refractivity contribution in [1.82, 2.24) is 0 Å². The predicted molar refractivity (Wildman–Crippen MR) is 51.8 cm³/mol. The maximum atomic E-state index is 6.25. The predicted octanol–water partition coefficient (Wildman–Crippen LogP) is 2.39. The van der Waals surface area contributed by atoms with Gasteiger partial charge in [-0.15, -0.1) is 0 Å². The van der Waals surface area contributed by atoms with Crippen molar-refractivity contribution in [3.05, 3.63) is 24.3 Å². The number of rotatable bonds is 2. The van der Waals surface area contributed by atoms with Crippen LogP contribution in [0.4, 0.5) is 0 Å². The summed E-state index contributed by atoms with van der Waals surface area (Å²) in [5.41, 5.74) is 6.36. The lowest BCUT2D eigenvalue weighted by molar-refractivity contribution is 0.339. The molecule has 0 fully saturated rings. The van der Waals surface area contributed by atoms with Gasteiger partial charge in [-0.3, -0.25) is 0 Å². The van der Waals surface area contributed by atoms with Crippen molar-refractivity contribution in [2.75, 3.05) is 0 Å². The topological polar surface area (TPSA) is 26.0 Å². The summed E-state index contributed by atoms with van der Waals surface area (Å²) in [5, 5.41) is 0. The van der Waals surface area contributed by atoms with Gasteiger partial charge in [-0.1, -0.05) is 24.3 Å². The maximum absolute atomic E-state index is 6.25. The molecule has 0 aromatic heterocycles. The van der Waals surface area contributed by atoms with Gasteiger partial charge in [-0.25, -0.2) is 0 Å². The van der Waals surface area contributed by atoms with E-state index >= 15 is 0 Å². The largest absolute Gasteiger partial charge is 0.325 e. The van der Waals surface area contributed by atoms with E-state index in [0.29, 0.717) is 0 Å². The average Bonchev–Trinajstić information content (AvgIpc) is 2.62. The molecule has 2 N–H and O–H groups in total. The average molecular weight is 163 g/mol. The van der Waals surface area contributed by atoms with Crippen molar-refractivity contribution < 1.29 is 0 Å². The van der Waals surface area contributed by atoms with Crippen LogP contribution in [0.5, 0.6) is 0 Å². The van der Waals surface area contributed by atoms with Crippen molar-refractivity contribution >= 4 is 0 Å². The van der Waals surface area contributed by atoms with E-state index in [9.17, 15) is 0 Å². The summed E-state index contributed by atoms with van der Waals surface area (Å²) < 4.78 is 0. The molecule has 0 bridgehead atoms. The zero-order chi connectivity index (χ0) is 8.44. The Hall–Kier alpha value is -0.560. The molecule has 0 amide bonds. The normalized spacial score (nSPS) is 27.1. The highest BCUT2D eigenvalue weighted by molar-refractivity contribution is 5.08. The second-order valence-corrected chi connectivity index (χ2v) is 4.25. The minimum atomic E-state index is 0.108. The van der Waals surface area contributed by atoms with Crippen LogP contribution < -0.4 is 5.73 Å². The first-order chi connectivity index (χ1) is 5.79. The van der Waals surface area contributed by atoms with Crippen molar-refractivity contribution in [2.45, 2.75) is 37.6 Å². The highest BCUT2D eigenvalue weighted by Crippen LogP contribution is 2.32. The van der Waals surface area contributed by atoms with Gasteiger partial charge in [0.05, 0.1) is 0 Å². The summed E-state index contributed by atoms with van der Waals surface area (Å²) >= 11 is 0. The first-order valence-corrected chi connectivity index (χ1v) is 4.87. The van der Waals surface area contributed by atoms with Crippen molar-refractivity contribution in [3.8, 4) is 0 Å². The van der Waals surface area contributed by atoms with E-state index in [1.807, 2.05) is 0 Å². The molecule has 2 rings (SSSR count). The van der Waals surface area contributed by atoms with Crippen LogP contribution in [-0.2, 0) is 0 Å². The molecule has 0 aromatic rings. The molecule has 0 radical (unpaired) electrons. The lowest BCUT2D eigenvalue weighted by Gasteiger charge is -2.26. The Morgan fingerprint density at radius 2 is 1.67 bits per heavy atom. The summed E-state index contributed by atoms with van der Waals surface area (Å²) in [7, 11) is 0. The van der Waals surface area contributed by atoms with Crippen LogP contribution in [0.15, 0.2) is 24.3 Å². The minimum Gasteiger partial charge on any atom is -0.325 e. The number of hydrogen-bond acceptors (Lipinski definition) is 1. The smallest absolute Gasteiger partial charge is 0.0226 e. The minimum absolute atomic E-state index is 0.108. The van der Waals surface area contributed by atoms with Crippen LogP contribution in [0, 0.1) is 5.92 Å². The first-order valence-electron chi connectivity index (χ1n) is 4.87. The molecule has 0 unspecified atom stereocenters. The number of allylic oxidation sites excluding steroid dienone is 2. The van der Waals surface area contributed by atoms with Crippen LogP contribution in [0.3, 0.4) is 0 Å². The summed E-state index contributed by atoms with van der Waals surface area (Å²) in [4.78, 5) is 0. The molecule has 0 aliphatic heterocycles. The zero-order valence-corrected chi connectivity index (χ0v) is 7.50. The van der Waals surface area contributed by atoms with Crippen LogP contribution in [0.1, 0.15) is 32.1 Å². The molecule has 0 saturated carbocycles. The molecule has 0 heterocycles. The van der Waals surface area contributed by atoms with E-state index in [4.69, 9.17) is 5.73 Å². The number of nitrogens with two attached hydrogens (primary N) is 1. The maximum Gasteiger partial charge on any atom is 0.0226 e. The van der Waals surface area contributed by atoms with Gasteiger partial charge in [0, 0.05) is 5.54 Å². The number of hydrogen-bond donors (Lipinski definition) is 1. The van der Waals surface area contributed by atoms with Crippen molar-refractivity contribution in [3.63, 3.8) is 0 Å². The van der Waals surface area contributed by atoms with Crippen LogP contribution in [0.25, 0.3) is 0 Å². The second kappa shape index (κ2) is 3.06. The molecule has 66 valence electrons. The van der Waals surface area contributed by atoms with E-state index in [1.54, 1.807) is 0 Å². The van der Waals surface area contributed by atoms with E-state index < -0.39 is 0 Å². The molecule has 2 aliphatic rings. The standard InChI is InChI=1S/C11H17N/c12-11(7-3-4-8-11)9-10-5-1-2-6-10/h1-4,10H,5-9,12H2. The van der Waals surface area contributed by atoms with Gasteiger partial charge in [-0.05, 0) is 38.0 Å². The van der Waals surface area contributed by atoms with Crippen LogP contribution in [0.2, 0.25) is 0 Å². The summed E-state index contributed by atoms with van der Waals surface area (Å²) in [5.74, 6) is 0.829. The fraction of sp³-hybridized carbons (Fsp3) is 0.636. The van der Waals surface area contributed by atoms with Crippen LogP contribution >= 0.6 is 0 Å². The first kappa shape index (κ1) is 8.06. The Morgan fingerprint density at radius 1 is 1.08 bits per heavy atom. The molecular formula is C11H17N. The van der Waals surface area contributed by atoms with Gasteiger partial charge in [0.2, 0.25) is 0 Å². The summed E-state index contributed by atoms with van der Waals surface area (Å²) in [6.07, 6.45) is 14.9. The molecule has 1 nitrogen and oxygen atoms in total. The third-order valence-corrected chi connectivity index (χ3v) is 3.02. The monoisotopic (exact) mass is 163 g/mol. The van der Waals surface area contributed by atoms with Crippen LogP contribution in [-0.4, -0.2) is 5.54 Å². The molecule has 1 heteroatoms. The SMILES string of the molecule is NC1(CC2CC=CC2)CC=CC1. The van der Waals surface area contributed by atoms with Crippen molar-refractivity contribution in [1.29, 1.82) is 0 Å². The van der Waals surface area contributed by atoms with E-state index in [-0.39, 0.29) is 5.54 Å². The van der Waals surface area contributed by atoms with Gasteiger partial charge in [0.15, 0.2) is 0 Å². The van der Waals surface area contributed by atoms with Gasteiger partial charge in [0.25, 0.3) is 0 Å². The van der Waals surface area contributed by atoms with Gasteiger partial charge < -0.3 is 5.73 Å². The summed E-state index contributed by atoms with van der Waals surface area (Å²) in [6, 6.07) is 0. The quantitative estimate of drug-likeness (QED) is 0.621. The third kappa shape index (κ3) is 1.61. The molecule has 2 aliphatic carbocycles. The lowest BCUT2D eigenvalue weighted by Crippen LogP contribution is -2.38. The highest BCUT2D eigenvalue weighted by Gasteiger charge is 2.29. The van der Waals surface area contributed by atoms with Crippen molar-refractivity contribution in [2.24, 2.45) is 11.7 Å². The Bertz CT molecular complexity index is 199. The summed E-state index contributed by atoms with van der Waals surface area (Å²) in [6.45, 7) is 0. The van der Waals surface area contributed by atoms with E-state index in [2.05, 4.69) is 24.3 Å². The Balaban J connectivity index is 1.85. The fourth-order valence-corrected chi connectivity index (χ4v) is 2.30.